The molecular formula is C20H8ClF6N5O. The number of hydrogen-bond acceptors (Lipinski definition) is 5. The highest BCUT2D eigenvalue weighted by Gasteiger charge is 2.60. The molecule has 6 nitrogen and oxygen atoms in total. The van der Waals surface area contributed by atoms with E-state index in [-0.39, 0.29) is 44.4 Å². The first-order valence-electron chi connectivity index (χ1n) is 9.06. The third-order valence-corrected chi connectivity index (χ3v) is 5.19. The van der Waals surface area contributed by atoms with E-state index in [1.807, 2.05) is 0 Å². The molecule has 13 heteroatoms. The van der Waals surface area contributed by atoms with Crippen LogP contribution in [0.4, 0.5) is 26.3 Å². The Labute approximate surface area is 184 Å². The number of hydrogen-bond donors (Lipinski definition) is 0. The molecule has 4 heterocycles. The summed E-state index contributed by atoms with van der Waals surface area (Å²) in [7, 11) is 0. The molecule has 0 radical (unpaired) electrons. The first-order chi connectivity index (χ1) is 15.6. The highest BCUT2D eigenvalue weighted by molar-refractivity contribution is 6.30. The molecule has 33 heavy (non-hydrogen) atoms. The molecule has 168 valence electrons. The predicted molar refractivity (Wildman–Crippen MR) is 104 cm³/mol. The lowest BCUT2D eigenvalue weighted by molar-refractivity contribution is -0.290. The predicted octanol–water partition coefficient (Wildman–Crippen LogP) is 6.05. The minimum Gasteiger partial charge on any atom is -0.422 e. The van der Waals surface area contributed by atoms with E-state index in [2.05, 4.69) is 20.2 Å². The molecule has 0 bridgehead atoms. The molecule has 4 aromatic heterocycles. The van der Waals surface area contributed by atoms with E-state index in [0.717, 1.165) is 12.5 Å². The minimum absolute atomic E-state index is 0.00335. The van der Waals surface area contributed by atoms with E-state index < -0.39 is 23.6 Å². The smallest absolute Gasteiger partial charge is 0.422 e. The molecule has 0 atom stereocenters. The summed E-state index contributed by atoms with van der Waals surface area (Å²) < 4.78 is 88.5. The van der Waals surface area contributed by atoms with Crippen LogP contribution in [0, 0.1) is 5.82 Å². The van der Waals surface area contributed by atoms with Gasteiger partial charge < -0.3 is 4.42 Å². The quantitative estimate of drug-likeness (QED) is 0.292. The van der Waals surface area contributed by atoms with Crippen molar-refractivity contribution >= 4 is 28.3 Å². The Morgan fingerprint density at radius 3 is 2.42 bits per heavy atom. The first kappa shape index (κ1) is 21.2. The fraction of sp³-hybridized carbons (Fsp3) is 0.100. The zero-order valence-electron chi connectivity index (χ0n) is 15.9. The van der Waals surface area contributed by atoms with Crippen LogP contribution in [-0.2, 0) is 5.92 Å². The Hall–Kier alpha value is -3.67. The molecule has 0 aliphatic carbocycles. The molecule has 0 N–H and O–H groups in total. The molecule has 1 aromatic carbocycles. The van der Waals surface area contributed by atoms with E-state index in [9.17, 15) is 26.3 Å². The van der Waals surface area contributed by atoms with Crippen molar-refractivity contribution in [1.82, 2.24) is 24.6 Å². The number of nitrogens with zero attached hydrogens (tertiary/aromatic N) is 5. The number of rotatable bonds is 3. The van der Waals surface area contributed by atoms with Crippen LogP contribution < -0.4 is 0 Å². The molecule has 0 saturated heterocycles. The van der Waals surface area contributed by atoms with Gasteiger partial charge in [-0.25, -0.2) is 14.4 Å². The summed E-state index contributed by atoms with van der Waals surface area (Å²) in [6.07, 6.45) is -3.56. The van der Waals surface area contributed by atoms with Crippen molar-refractivity contribution in [2.24, 2.45) is 0 Å². The van der Waals surface area contributed by atoms with Crippen LogP contribution in [0.3, 0.4) is 0 Å². The first-order valence-corrected chi connectivity index (χ1v) is 9.44. The SMILES string of the molecule is Fc1cc(-c2cc(C(F)(F)C(F)(F)F)nc3c2ccc2nc(-c4nnco4)cn23)ccc1Cl. The number of imidazole rings is 1. The van der Waals surface area contributed by atoms with E-state index in [0.29, 0.717) is 6.07 Å². The molecule has 0 amide bonds. The fourth-order valence-electron chi connectivity index (χ4n) is 3.33. The maximum Gasteiger partial charge on any atom is 0.459 e. The summed E-state index contributed by atoms with van der Waals surface area (Å²) in [6, 6.07) is 6.91. The zero-order chi connectivity index (χ0) is 23.5. The van der Waals surface area contributed by atoms with Crippen molar-refractivity contribution in [3.63, 3.8) is 0 Å². The Balaban J connectivity index is 1.86. The third-order valence-electron chi connectivity index (χ3n) is 4.89. The van der Waals surface area contributed by atoms with Crippen molar-refractivity contribution in [1.29, 1.82) is 0 Å². The summed E-state index contributed by atoms with van der Waals surface area (Å²) in [6.45, 7) is 0. The van der Waals surface area contributed by atoms with E-state index >= 15 is 0 Å². The van der Waals surface area contributed by atoms with Gasteiger partial charge in [-0.05, 0) is 41.5 Å². The Morgan fingerprint density at radius 2 is 1.76 bits per heavy atom. The van der Waals surface area contributed by atoms with Crippen LogP contribution in [0.5, 0.6) is 0 Å². The second kappa shape index (κ2) is 7.17. The number of alkyl halides is 5. The average Bonchev–Trinajstić information content (AvgIpc) is 3.43. The van der Waals surface area contributed by atoms with E-state index in [4.69, 9.17) is 16.0 Å². The summed E-state index contributed by atoms with van der Waals surface area (Å²) in [5.74, 6) is -6.15. The van der Waals surface area contributed by atoms with Gasteiger partial charge in [0.15, 0.2) is 0 Å². The highest BCUT2D eigenvalue weighted by Crippen LogP contribution is 2.45. The Bertz CT molecular complexity index is 1510. The van der Waals surface area contributed by atoms with E-state index in [1.54, 1.807) is 0 Å². The molecule has 0 aliphatic rings. The molecule has 0 fully saturated rings. The van der Waals surface area contributed by atoms with Crippen molar-refractivity contribution < 1.29 is 30.8 Å². The second-order valence-corrected chi connectivity index (χ2v) is 7.33. The van der Waals surface area contributed by atoms with Gasteiger partial charge in [-0.2, -0.15) is 22.0 Å². The maximum atomic E-state index is 14.3. The zero-order valence-corrected chi connectivity index (χ0v) is 16.7. The van der Waals surface area contributed by atoms with Gasteiger partial charge in [0.25, 0.3) is 5.89 Å². The summed E-state index contributed by atoms with van der Waals surface area (Å²) >= 11 is 5.69. The van der Waals surface area contributed by atoms with Gasteiger partial charge in [0.1, 0.15) is 28.5 Å². The van der Waals surface area contributed by atoms with Crippen molar-refractivity contribution in [2.75, 3.05) is 0 Å². The molecule has 5 rings (SSSR count). The number of aromatic nitrogens is 5. The molecular weight excluding hydrogens is 476 g/mol. The number of pyridine rings is 2. The Kier molecular flexibility index (Phi) is 4.60. The number of fused-ring (bicyclic) bond motifs is 3. The van der Waals surface area contributed by atoms with Gasteiger partial charge in [0, 0.05) is 11.6 Å². The highest BCUT2D eigenvalue weighted by atomic mass is 35.5. The monoisotopic (exact) mass is 483 g/mol. The van der Waals surface area contributed by atoms with Crippen molar-refractivity contribution in [2.45, 2.75) is 12.1 Å². The van der Waals surface area contributed by atoms with Crippen LogP contribution in [0.1, 0.15) is 5.69 Å². The van der Waals surface area contributed by atoms with Gasteiger partial charge in [0.05, 0.1) is 5.02 Å². The standard InChI is InChI=1S/C20H8ClF6N5O/c21-12-3-1-9(5-13(12)22)11-6-15(19(23,24)20(25,26)27)30-17-10(11)2-4-16-29-14(7-32(16)17)18-31-28-8-33-18/h1-8H. The lowest BCUT2D eigenvalue weighted by atomic mass is 10.00. The molecule has 0 saturated carbocycles. The largest absolute Gasteiger partial charge is 0.459 e. The van der Waals surface area contributed by atoms with Gasteiger partial charge in [-0.1, -0.05) is 17.7 Å². The van der Waals surface area contributed by atoms with Crippen LogP contribution in [0.2, 0.25) is 5.02 Å². The van der Waals surface area contributed by atoms with Crippen LogP contribution in [0.15, 0.2) is 53.4 Å². The summed E-state index contributed by atoms with van der Waals surface area (Å²) in [5, 5.41) is 7.15. The third kappa shape index (κ3) is 3.37. The van der Waals surface area contributed by atoms with Gasteiger partial charge in [-0.3, -0.25) is 4.40 Å². The topological polar surface area (TPSA) is 69.1 Å². The number of halogens is 7. The van der Waals surface area contributed by atoms with E-state index in [1.165, 1.54) is 34.9 Å². The molecule has 0 unspecified atom stereocenters. The average molecular weight is 484 g/mol. The molecule has 0 aliphatic heterocycles. The van der Waals surface area contributed by atoms with Gasteiger partial charge in [-0.15, -0.1) is 10.2 Å². The van der Waals surface area contributed by atoms with Crippen LogP contribution >= 0.6 is 11.6 Å². The normalized spacial score (nSPS) is 12.7. The van der Waals surface area contributed by atoms with Gasteiger partial charge >= 0.3 is 12.1 Å². The summed E-state index contributed by atoms with van der Waals surface area (Å²) in [4.78, 5) is 7.84. The molecule has 0 spiro atoms. The maximum absolute atomic E-state index is 14.3. The molecule has 5 aromatic rings. The van der Waals surface area contributed by atoms with Crippen LogP contribution in [-0.4, -0.2) is 30.7 Å². The fourth-order valence-corrected chi connectivity index (χ4v) is 3.44. The van der Waals surface area contributed by atoms with Gasteiger partial charge in [0.2, 0.25) is 6.39 Å². The lowest BCUT2D eigenvalue weighted by Gasteiger charge is -2.20. The van der Waals surface area contributed by atoms with Crippen LogP contribution in [0.25, 0.3) is 39.4 Å². The Morgan fingerprint density at radius 1 is 0.970 bits per heavy atom. The second-order valence-electron chi connectivity index (χ2n) is 6.92. The minimum atomic E-state index is -5.91. The van der Waals surface area contributed by atoms with Crippen molar-refractivity contribution in [3.05, 3.63) is 65.5 Å². The summed E-state index contributed by atoms with van der Waals surface area (Å²) in [5.41, 5.74) is -1.59. The van der Waals surface area contributed by atoms with Crippen molar-refractivity contribution in [3.8, 4) is 22.7 Å². The lowest BCUT2D eigenvalue weighted by Crippen LogP contribution is -2.34. The number of benzene rings is 1.